The van der Waals surface area contributed by atoms with Crippen molar-refractivity contribution in [2.75, 3.05) is 11.9 Å². The van der Waals surface area contributed by atoms with Crippen molar-refractivity contribution < 1.29 is 9.53 Å². The van der Waals surface area contributed by atoms with Crippen molar-refractivity contribution in [3.63, 3.8) is 0 Å². The summed E-state index contributed by atoms with van der Waals surface area (Å²) in [5.41, 5.74) is 6.48. The van der Waals surface area contributed by atoms with Crippen molar-refractivity contribution in [2.24, 2.45) is 11.1 Å². The molecule has 2 rings (SSSR count). The van der Waals surface area contributed by atoms with Crippen molar-refractivity contribution >= 4 is 11.6 Å². The molecule has 1 atom stereocenters. The predicted molar refractivity (Wildman–Crippen MR) is 71.6 cm³/mol. The first-order valence-corrected chi connectivity index (χ1v) is 6.27. The Morgan fingerprint density at radius 3 is 2.89 bits per heavy atom. The number of anilines is 1. The van der Waals surface area contributed by atoms with Crippen molar-refractivity contribution in [1.29, 1.82) is 0 Å². The average molecular weight is 248 g/mol. The lowest BCUT2D eigenvalue weighted by Crippen LogP contribution is -2.25. The zero-order valence-corrected chi connectivity index (χ0v) is 10.9. The molecule has 1 aromatic rings. The van der Waals surface area contributed by atoms with Gasteiger partial charge >= 0.3 is 0 Å². The van der Waals surface area contributed by atoms with Gasteiger partial charge in [0.25, 0.3) is 5.91 Å². The summed E-state index contributed by atoms with van der Waals surface area (Å²) in [5.74, 6) is 0.194. The Kier molecular flexibility index (Phi) is 3.45. The molecule has 98 valence electrons. The van der Waals surface area contributed by atoms with Gasteiger partial charge in [-0.3, -0.25) is 4.79 Å². The third-order valence-corrected chi connectivity index (χ3v) is 3.68. The maximum Gasteiger partial charge on any atom is 0.255 e. The van der Waals surface area contributed by atoms with Gasteiger partial charge < -0.3 is 15.8 Å². The van der Waals surface area contributed by atoms with E-state index in [-0.39, 0.29) is 6.61 Å². The Labute approximate surface area is 108 Å². The van der Waals surface area contributed by atoms with Crippen LogP contribution in [0.15, 0.2) is 24.3 Å². The van der Waals surface area contributed by atoms with Crippen LogP contribution in [0, 0.1) is 5.41 Å². The lowest BCUT2D eigenvalue weighted by Gasteiger charge is -2.21. The van der Waals surface area contributed by atoms with E-state index in [9.17, 15) is 4.79 Å². The largest absolute Gasteiger partial charge is 0.484 e. The number of nitrogens with one attached hydrogen (secondary N) is 1. The van der Waals surface area contributed by atoms with E-state index in [4.69, 9.17) is 10.5 Å². The normalized spacial score (nSPS) is 17.9. The molecule has 0 spiro atoms. The molecule has 0 saturated heterocycles. The Bertz CT molecular complexity index is 441. The van der Waals surface area contributed by atoms with E-state index < -0.39 is 5.91 Å². The van der Waals surface area contributed by atoms with Crippen molar-refractivity contribution in [2.45, 2.75) is 32.7 Å². The van der Waals surface area contributed by atoms with Gasteiger partial charge in [0.2, 0.25) is 0 Å². The fourth-order valence-electron chi connectivity index (χ4n) is 1.88. The summed E-state index contributed by atoms with van der Waals surface area (Å²) >= 11 is 0. The zero-order chi connectivity index (χ0) is 13.2. The molecule has 18 heavy (non-hydrogen) atoms. The number of carbonyl (C=O) groups excluding carboxylic acids is 1. The smallest absolute Gasteiger partial charge is 0.255 e. The molecule has 4 nitrogen and oxygen atoms in total. The monoisotopic (exact) mass is 248 g/mol. The van der Waals surface area contributed by atoms with Crippen LogP contribution in [0.4, 0.5) is 5.69 Å². The first-order valence-electron chi connectivity index (χ1n) is 6.27. The minimum Gasteiger partial charge on any atom is -0.484 e. The molecule has 1 aromatic carbocycles. The molecular weight excluding hydrogens is 228 g/mol. The molecule has 1 amide bonds. The highest BCUT2D eigenvalue weighted by Gasteiger charge is 2.42. The Balaban J connectivity index is 1.96. The van der Waals surface area contributed by atoms with Crippen LogP contribution < -0.4 is 15.8 Å². The molecule has 4 heteroatoms. The van der Waals surface area contributed by atoms with Crippen LogP contribution in [0.25, 0.3) is 0 Å². The number of rotatable bonds is 6. The lowest BCUT2D eigenvalue weighted by molar-refractivity contribution is -0.119. The van der Waals surface area contributed by atoms with Crippen LogP contribution in [0.1, 0.15) is 26.7 Å². The van der Waals surface area contributed by atoms with Gasteiger partial charge in [-0.1, -0.05) is 13.0 Å². The van der Waals surface area contributed by atoms with Crippen molar-refractivity contribution in [3.05, 3.63) is 24.3 Å². The van der Waals surface area contributed by atoms with Gasteiger partial charge in [0.05, 0.1) is 0 Å². The van der Waals surface area contributed by atoms with Gasteiger partial charge in [-0.05, 0) is 37.3 Å². The quantitative estimate of drug-likeness (QED) is 0.810. The number of hydrogen-bond acceptors (Lipinski definition) is 3. The molecule has 1 aliphatic rings. The molecule has 1 unspecified atom stereocenters. The van der Waals surface area contributed by atoms with E-state index in [1.807, 2.05) is 24.3 Å². The number of hydrogen-bond donors (Lipinski definition) is 2. The third kappa shape index (κ3) is 3.15. The molecule has 0 aromatic heterocycles. The van der Waals surface area contributed by atoms with Crippen LogP contribution in [0.2, 0.25) is 0 Å². The predicted octanol–water partition coefficient (Wildman–Crippen LogP) is 2.15. The number of amides is 1. The highest BCUT2D eigenvalue weighted by Crippen LogP contribution is 2.48. The second-order valence-corrected chi connectivity index (χ2v) is 5.30. The van der Waals surface area contributed by atoms with E-state index in [1.165, 1.54) is 12.8 Å². The molecule has 1 fully saturated rings. The van der Waals surface area contributed by atoms with Gasteiger partial charge in [-0.25, -0.2) is 0 Å². The highest BCUT2D eigenvalue weighted by atomic mass is 16.5. The van der Waals surface area contributed by atoms with E-state index in [0.717, 1.165) is 5.69 Å². The van der Waals surface area contributed by atoms with Crippen LogP contribution >= 0.6 is 0 Å². The number of nitrogens with two attached hydrogens (primary N) is 1. The summed E-state index contributed by atoms with van der Waals surface area (Å²) in [4.78, 5) is 10.7. The van der Waals surface area contributed by atoms with Crippen LogP contribution in [-0.4, -0.2) is 18.6 Å². The van der Waals surface area contributed by atoms with Crippen molar-refractivity contribution in [1.82, 2.24) is 0 Å². The van der Waals surface area contributed by atoms with E-state index in [0.29, 0.717) is 17.2 Å². The SMILES string of the molecule is CC(Nc1cccc(OCC(N)=O)c1)C1(C)CC1. The molecule has 1 aliphatic carbocycles. The maximum atomic E-state index is 10.7. The molecule has 3 N–H and O–H groups in total. The molecule has 0 radical (unpaired) electrons. The second kappa shape index (κ2) is 4.88. The third-order valence-electron chi connectivity index (χ3n) is 3.68. The molecule has 0 heterocycles. The van der Waals surface area contributed by atoms with Gasteiger partial charge in [0.1, 0.15) is 5.75 Å². The minimum absolute atomic E-state index is 0.0866. The zero-order valence-electron chi connectivity index (χ0n) is 10.9. The van der Waals surface area contributed by atoms with Crippen molar-refractivity contribution in [3.8, 4) is 5.75 Å². The lowest BCUT2D eigenvalue weighted by atomic mass is 10.0. The number of benzene rings is 1. The summed E-state index contributed by atoms with van der Waals surface area (Å²) < 4.78 is 5.28. The fourth-order valence-corrected chi connectivity index (χ4v) is 1.88. The molecule has 0 bridgehead atoms. The molecule has 1 saturated carbocycles. The second-order valence-electron chi connectivity index (χ2n) is 5.30. The molecular formula is C14H20N2O2. The van der Waals surface area contributed by atoms with Gasteiger partial charge in [-0.2, -0.15) is 0 Å². The number of primary amides is 1. The first-order chi connectivity index (χ1) is 8.49. The topological polar surface area (TPSA) is 64.3 Å². The van der Waals surface area contributed by atoms with E-state index >= 15 is 0 Å². The minimum atomic E-state index is -0.466. The maximum absolute atomic E-state index is 10.7. The summed E-state index contributed by atoms with van der Waals surface area (Å²) in [6.45, 7) is 4.40. The Morgan fingerprint density at radius 1 is 1.56 bits per heavy atom. The summed E-state index contributed by atoms with van der Waals surface area (Å²) in [6.07, 6.45) is 2.55. The standard InChI is InChI=1S/C14H20N2O2/c1-10(14(2)6-7-14)16-11-4-3-5-12(8-11)18-9-13(15)17/h3-5,8,10,16H,6-7,9H2,1-2H3,(H2,15,17). The average Bonchev–Trinajstić information content (AvgIpc) is 3.07. The van der Waals surface area contributed by atoms with Gasteiger partial charge in [-0.15, -0.1) is 0 Å². The van der Waals surface area contributed by atoms with E-state index in [2.05, 4.69) is 19.2 Å². The summed E-state index contributed by atoms with van der Waals surface area (Å²) in [7, 11) is 0. The number of carbonyl (C=O) groups is 1. The first kappa shape index (κ1) is 12.7. The summed E-state index contributed by atoms with van der Waals surface area (Å²) in [6, 6.07) is 8.05. The fraction of sp³-hybridized carbons (Fsp3) is 0.500. The van der Waals surface area contributed by atoms with Gasteiger partial charge in [0, 0.05) is 17.8 Å². The highest BCUT2D eigenvalue weighted by molar-refractivity contribution is 5.75. The van der Waals surface area contributed by atoms with Crippen LogP contribution in [-0.2, 0) is 4.79 Å². The Hall–Kier alpha value is -1.71. The number of ether oxygens (including phenoxy) is 1. The van der Waals surface area contributed by atoms with Crippen LogP contribution in [0.3, 0.4) is 0 Å². The molecule has 0 aliphatic heterocycles. The van der Waals surface area contributed by atoms with E-state index in [1.54, 1.807) is 0 Å². The Morgan fingerprint density at radius 2 is 2.28 bits per heavy atom. The van der Waals surface area contributed by atoms with Gasteiger partial charge in [0.15, 0.2) is 6.61 Å². The van der Waals surface area contributed by atoms with Crippen LogP contribution in [0.5, 0.6) is 5.75 Å². The summed E-state index contributed by atoms with van der Waals surface area (Å²) in [5, 5.41) is 3.48.